The molecule has 1 aliphatic heterocycles. The summed E-state index contributed by atoms with van der Waals surface area (Å²) in [5, 5.41) is 0. The number of allylic oxidation sites excluding steroid dienone is 1. The summed E-state index contributed by atoms with van der Waals surface area (Å²) >= 11 is 0. The summed E-state index contributed by atoms with van der Waals surface area (Å²) in [6, 6.07) is 18.4. The summed E-state index contributed by atoms with van der Waals surface area (Å²) in [5.41, 5.74) is 6.52. The van der Waals surface area contributed by atoms with Gasteiger partial charge >= 0.3 is 0 Å². The Kier molecular flexibility index (Phi) is 6.23. The SMILES string of the molecule is CCOc1ccccc1-c1cc(/C=C2\CCCN=C2c2cccnc2)ccc1OC. The minimum absolute atomic E-state index is 0.619. The molecule has 3 aromatic rings. The highest BCUT2D eigenvalue weighted by atomic mass is 16.5. The highest BCUT2D eigenvalue weighted by Gasteiger charge is 2.16. The van der Waals surface area contributed by atoms with Crippen LogP contribution >= 0.6 is 0 Å². The van der Waals surface area contributed by atoms with E-state index in [0.717, 1.165) is 58.9 Å². The topological polar surface area (TPSA) is 43.7 Å². The second kappa shape index (κ2) is 9.40. The molecule has 4 nitrogen and oxygen atoms in total. The van der Waals surface area contributed by atoms with E-state index < -0.39 is 0 Å². The first-order chi connectivity index (χ1) is 14.8. The molecule has 152 valence electrons. The zero-order valence-corrected chi connectivity index (χ0v) is 17.5. The predicted molar refractivity (Wildman–Crippen MR) is 122 cm³/mol. The monoisotopic (exact) mass is 398 g/mol. The average Bonchev–Trinajstić information content (AvgIpc) is 2.81. The predicted octanol–water partition coefficient (Wildman–Crippen LogP) is 5.82. The fourth-order valence-corrected chi connectivity index (χ4v) is 3.80. The van der Waals surface area contributed by atoms with Gasteiger partial charge in [-0.15, -0.1) is 0 Å². The molecule has 4 rings (SSSR count). The van der Waals surface area contributed by atoms with Crippen molar-refractivity contribution in [3.05, 3.63) is 83.7 Å². The van der Waals surface area contributed by atoms with Gasteiger partial charge in [0.05, 0.1) is 19.4 Å². The number of benzene rings is 2. The Bertz CT molecular complexity index is 1070. The minimum atomic E-state index is 0.619. The average molecular weight is 399 g/mol. The Morgan fingerprint density at radius 2 is 1.90 bits per heavy atom. The van der Waals surface area contributed by atoms with Crippen molar-refractivity contribution in [1.29, 1.82) is 0 Å². The van der Waals surface area contributed by atoms with E-state index in [-0.39, 0.29) is 0 Å². The number of nitrogens with zero attached hydrogens (tertiary/aromatic N) is 2. The van der Waals surface area contributed by atoms with Gasteiger partial charge in [-0.05, 0) is 67.3 Å². The molecular formula is C26H26N2O2. The van der Waals surface area contributed by atoms with Gasteiger partial charge in [-0.3, -0.25) is 9.98 Å². The van der Waals surface area contributed by atoms with Crippen LogP contribution in [0, 0.1) is 0 Å². The Labute approximate surface area is 177 Å². The Balaban J connectivity index is 1.77. The highest BCUT2D eigenvalue weighted by molar-refractivity contribution is 6.15. The zero-order chi connectivity index (χ0) is 20.8. The van der Waals surface area contributed by atoms with Gasteiger partial charge < -0.3 is 9.47 Å². The van der Waals surface area contributed by atoms with Crippen LogP contribution in [-0.4, -0.2) is 31.0 Å². The summed E-state index contributed by atoms with van der Waals surface area (Å²) in [6.45, 7) is 3.47. The van der Waals surface area contributed by atoms with Crippen molar-refractivity contribution >= 4 is 11.8 Å². The van der Waals surface area contributed by atoms with Crippen LogP contribution in [0.4, 0.5) is 0 Å². The molecule has 0 bridgehead atoms. The summed E-state index contributed by atoms with van der Waals surface area (Å²) in [7, 11) is 1.70. The zero-order valence-electron chi connectivity index (χ0n) is 17.5. The smallest absolute Gasteiger partial charge is 0.127 e. The van der Waals surface area contributed by atoms with Gasteiger partial charge in [0, 0.05) is 35.6 Å². The highest BCUT2D eigenvalue weighted by Crippen LogP contribution is 2.37. The van der Waals surface area contributed by atoms with Crippen LogP contribution in [0.1, 0.15) is 30.9 Å². The van der Waals surface area contributed by atoms with Gasteiger partial charge in [-0.25, -0.2) is 0 Å². The van der Waals surface area contributed by atoms with Crippen LogP contribution in [0.2, 0.25) is 0 Å². The number of aromatic nitrogens is 1. The van der Waals surface area contributed by atoms with Gasteiger partial charge in [0.2, 0.25) is 0 Å². The number of methoxy groups -OCH3 is 1. The largest absolute Gasteiger partial charge is 0.496 e. The molecule has 0 fully saturated rings. The third-order valence-electron chi connectivity index (χ3n) is 5.15. The molecule has 1 aromatic heterocycles. The summed E-state index contributed by atoms with van der Waals surface area (Å²) in [6.07, 6.45) is 7.98. The lowest BCUT2D eigenvalue weighted by Crippen LogP contribution is -2.11. The standard InChI is InChI=1S/C26H26N2O2/c1-3-30-25-11-5-4-10-22(25)23-17-19(12-13-24(23)29-2)16-20-8-7-15-28-26(20)21-9-6-14-27-18-21/h4-6,9-14,16-18H,3,7-8,15H2,1-2H3/b20-16+. The van der Waals surface area contributed by atoms with Crippen LogP contribution in [0.5, 0.6) is 11.5 Å². The van der Waals surface area contributed by atoms with E-state index in [9.17, 15) is 0 Å². The number of ether oxygens (including phenoxy) is 2. The number of hydrogen-bond donors (Lipinski definition) is 0. The van der Waals surface area contributed by atoms with Crippen LogP contribution in [0.25, 0.3) is 17.2 Å². The Morgan fingerprint density at radius 1 is 1.00 bits per heavy atom. The van der Waals surface area contributed by atoms with Gasteiger partial charge in [0.25, 0.3) is 0 Å². The molecule has 0 amide bonds. The molecule has 0 aliphatic carbocycles. The second-order valence-corrected chi connectivity index (χ2v) is 7.13. The molecule has 0 spiro atoms. The third-order valence-corrected chi connectivity index (χ3v) is 5.15. The fraction of sp³-hybridized carbons (Fsp3) is 0.231. The first-order valence-electron chi connectivity index (χ1n) is 10.4. The molecule has 2 heterocycles. The van der Waals surface area contributed by atoms with E-state index in [2.05, 4.69) is 35.3 Å². The van der Waals surface area contributed by atoms with Gasteiger partial charge in [0.15, 0.2) is 0 Å². The van der Waals surface area contributed by atoms with E-state index in [4.69, 9.17) is 14.5 Å². The fourth-order valence-electron chi connectivity index (χ4n) is 3.80. The number of hydrogen-bond acceptors (Lipinski definition) is 4. The third kappa shape index (κ3) is 4.28. The molecule has 0 atom stereocenters. The van der Waals surface area contributed by atoms with E-state index in [1.54, 1.807) is 13.3 Å². The van der Waals surface area contributed by atoms with Crippen LogP contribution in [0.15, 0.2) is 77.6 Å². The van der Waals surface area contributed by atoms with E-state index in [1.165, 1.54) is 5.57 Å². The number of aliphatic imine (C=N–C) groups is 1. The van der Waals surface area contributed by atoms with Crippen molar-refractivity contribution in [2.75, 3.05) is 20.3 Å². The first-order valence-corrected chi connectivity index (χ1v) is 10.4. The number of rotatable bonds is 6. The lowest BCUT2D eigenvalue weighted by Gasteiger charge is -2.17. The van der Waals surface area contributed by atoms with Gasteiger partial charge in [-0.2, -0.15) is 0 Å². The lowest BCUT2D eigenvalue weighted by molar-refractivity contribution is 0.341. The van der Waals surface area contributed by atoms with Gasteiger partial charge in [-0.1, -0.05) is 24.3 Å². The molecule has 30 heavy (non-hydrogen) atoms. The summed E-state index contributed by atoms with van der Waals surface area (Å²) < 4.78 is 11.5. The summed E-state index contributed by atoms with van der Waals surface area (Å²) in [5.74, 6) is 1.69. The maximum absolute atomic E-state index is 5.86. The van der Waals surface area contributed by atoms with E-state index in [1.807, 2.05) is 43.5 Å². The van der Waals surface area contributed by atoms with Gasteiger partial charge in [0.1, 0.15) is 11.5 Å². The first kappa shape index (κ1) is 19.9. The lowest BCUT2D eigenvalue weighted by atomic mass is 9.93. The molecule has 0 unspecified atom stereocenters. The van der Waals surface area contributed by atoms with E-state index >= 15 is 0 Å². The Morgan fingerprint density at radius 3 is 2.70 bits per heavy atom. The molecule has 0 saturated carbocycles. The minimum Gasteiger partial charge on any atom is -0.496 e. The van der Waals surface area contributed by atoms with Crippen LogP contribution in [0.3, 0.4) is 0 Å². The van der Waals surface area contributed by atoms with Crippen molar-refractivity contribution in [2.24, 2.45) is 4.99 Å². The maximum Gasteiger partial charge on any atom is 0.127 e. The van der Waals surface area contributed by atoms with Crippen LogP contribution in [-0.2, 0) is 0 Å². The molecule has 4 heteroatoms. The summed E-state index contributed by atoms with van der Waals surface area (Å²) in [4.78, 5) is 9.06. The molecule has 0 radical (unpaired) electrons. The molecule has 0 saturated heterocycles. The molecule has 2 aromatic carbocycles. The number of para-hydroxylation sites is 1. The second-order valence-electron chi connectivity index (χ2n) is 7.13. The molecule has 1 aliphatic rings. The van der Waals surface area contributed by atoms with Crippen molar-refractivity contribution in [3.8, 4) is 22.6 Å². The molecule has 0 N–H and O–H groups in total. The maximum atomic E-state index is 5.86. The van der Waals surface area contributed by atoms with Crippen molar-refractivity contribution in [2.45, 2.75) is 19.8 Å². The van der Waals surface area contributed by atoms with Crippen molar-refractivity contribution < 1.29 is 9.47 Å². The van der Waals surface area contributed by atoms with E-state index in [0.29, 0.717) is 6.61 Å². The number of pyridine rings is 1. The Hall–Kier alpha value is -3.40. The normalized spacial score (nSPS) is 15.0. The van der Waals surface area contributed by atoms with Crippen molar-refractivity contribution in [3.63, 3.8) is 0 Å². The quantitative estimate of drug-likeness (QED) is 0.525. The molecular weight excluding hydrogens is 372 g/mol. The van der Waals surface area contributed by atoms with Crippen molar-refractivity contribution in [1.82, 2.24) is 4.98 Å². The van der Waals surface area contributed by atoms with Crippen LogP contribution < -0.4 is 9.47 Å².